The number of nitrogens with one attached hydrogen (secondary N) is 1. The molecule has 1 aliphatic heterocycles. The molecule has 1 N–H and O–H groups in total. The Morgan fingerprint density at radius 3 is 2.36 bits per heavy atom. The minimum Gasteiger partial charge on any atom is -0.480 e. The molecule has 1 saturated carbocycles. The molecular weight excluding hydrogens is 614 g/mol. The Morgan fingerprint density at radius 2 is 1.71 bits per heavy atom. The van der Waals surface area contributed by atoms with Gasteiger partial charge in [-0.15, -0.1) is 0 Å². The van der Waals surface area contributed by atoms with Crippen LogP contribution in [-0.4, -0.2) is 49.4 Å². The van der Waals surface area contributed by atoms with E-state index >= 15 is 0 Å². The molecule has 45 heavy (non-hydrogen) atoms. The third-order valence-electron chi connectivity index (χ3n) is 8.59. The zero-order valence-electron chi connectivity index (χ0n) is 24.0. The number of ketones is 1. The second kappa shape index (κ2) is 11.4. The van der Waals surface area contributed by atoms with Crippen LogP contribution in [0.15, 0.2) is 66.2 Å². The lowest BCUT2D eigenvalue weighted by Gasteiger charge is -2.51. The summed E-state index contributed by atoms with van der Waals surface area (Å²) in [6, 6.07) is 7.32. The van der Waals surface area contributed by atoms with Crippen LogP contribution in [0.3, 0.4) is 0 Å². The summed E-state index contributed by atoms with van der Waals surface area (Å²) in [5.74, 6) is -5.60. The van der Waals surface area contributed by atoms with Gasteiger partial charge in [-0.25, -0.2) is 40.9 Å². The minimum absolute atomic E-state index is 0.00147. The van der Waals surface area contributed by atoms with Crippen LogP contribution in [0.5, 0.6) is 5.88 Å². The predicted octanol–water partition coefficient (Wildman–Crippen LogP) is 5.97. The van der Waals surface area contributed by atoms with Gasteiger partial charge >= 0.3 is 0 Å². The standard InChI is InChI=1S/C31H27F4N5O4S/c1-17(32)27(41)20-13-31(14-20)5-7-40(8-6-31)29-22-9-18(3-4-25(22)37-16-38-29)19-10-26(30(44-2)36-15-19)39-45(42,43)28-23(34)11-21(33)12-24(28)35/h3-4,9-12,15-16,20,39H,1,5-8,13-14H2,2H3. The summed E-state index contributed by atoms with van der Waals surface area (Å²) in [6.07, 6.45) is 5.86. The first kappa shape index (κ1) is 30.4. The van der Waals surface area contributed by atoms with Gasteiger partial charge in [0.05, 0.1) is 12.6 Å². The lowest BCUT2D eigenvalue weighted by Crippen LogP contribution is -2.49. The summed E-state index contributed by atoms with van der Waals surface area (Å²) in [7, 11) is -3.60. The molecule has 1 aliphatic carbocycles. The number of carbonyl (C=O) groups is 1. The number of rotatable bonds is 8. The topological polar surface area (TPSA) is 114 Å². The van der Waals surface area contributed by atoms with Gasteiger partial charge in [-0.1, -0.05) is 12.6 Å². The molecule has 2 aromatic carbocycles. The number of pyridine rings is 1. The van der Waals surface area contributed by atoms with Crippen molar-refractivity contribution in [1.82, 2.24) is 15.0 Å². The fraction of sp³-hybridized carbons (Fsp3) is 0.290. The quantitative estimate of drug-likeness (QED) is 0.185. The van der Waals surface area contributed by atoms with E-state index in [2.05, 4.69) is 31.2 Å². The molecule has 2 aromatic heterocycles. The summed E-state index contributed by atoms with van der Waals surface area (Å²) in [5, 5.41) is 0.731. The van der Waals surface area contributed by atoms with E-state index in [0.717, 1.165) is 18.2 Å². The molecule has 1 saturated heterocycles. The zero-order chi connectivity index (χ0) is 32.1. The second-order valence-corrected chi connectivity index (χ2v) is 13.0. The summed E-state index contributed by atoms with van der Waals surface area (Å²) in [4.78, 5) is 25.9. The molecule has 4 aromatic rings. The van der Waals surface area contributed by atoms with Gasteiger partial charge in [0, 0.05) is 48.3 Å². The van der Waals surface area contributed by atoms with Crippen molar-refractivity contribution in [2.24, 2.45) is 11.3 Å². The molecule has 1 spiro atoms. The van der Waals surface area contributed by atoms with Crippen molar-refractivity contribution in [3.8, 4) is 17.0 Å². The average Bonchev–Trinajstić information content (AvgIpc) is 2.98. The van der Waals surface area contributed by atoms with Gasteiger partial charge in [0.25, 0.3) is 10.0 Å². The summed E-state index contributed by atoms with van der Waals surface area (Å²) in [6.45, 7) is 4.50. The first-order chi connectivity index (χ1) is 21.4. The monoisotopic (exact) mass is 641 g/mol. The van der Waals surface area contributed by atoms with Gasteiger partial charge in [0.15, 0.2) is 16.5 Å². The lowest BCUT2D eigenvalue weighted by atomic mass is 9.56. The maximum atomic E-state index is 14.3. The number of nitrogens with zero attached hydrogens (tertiary/aromatic N) is 4. The number of ether oxygens (including phenoxy) is 1. The number of fused-ring (bicyclic) bond motifs is 1. The second-order valence-electron chi connectivity index (χ2n) is 11.4. The highest BCUT2D eigenvalue weighted by molar-refractivity contribution is 7.92. The van der Waals surface area contributed by atoms with Crippen LogP contribution in [0, 0.1) is 28.8 Å². The van der Waals surface area contributed by atoms with Crippen molar-refractivity contribution in [1.29, 1.82) is 0 Å². The Balaban J connectivity index is 1.27. The number of methoxy groups -OCH3 is 1. The van der Waals surface area contributed by atoms with E-state index in [1.807, 2.05) is 6.07 Å². The Morgan fingerprint density at radius 1 is 1.02 bits per heavy atom. The van der Waals surface area contributed by atoms with E-state index in [4.69, 9.17) is 4.74 Å². The predicted molar refractivity (Wildman–Crippen MR) is 158 cm³/mol. The SMILES string of the molecule is C=C(F)C(=O)C1CC2(CCN(c3ncnc4ccc(-c5cnc(OC)c(NS(=O)(=O)c6c(F)cc(F)cc6F)c5)cc34)CC2)C1. The number of hydrogen-bond donors (Lipinski definition) is 1. The number of benzene rings is 2. The minimum atomic E-state index is -4.85. The maximum absolute atomic E-state index is 14.3. The summed E-state index contributed by atoms with van der Waals surface area (Å²) < 4.78 is 88.6. The van der Waals surface area contributed by atoms with E-state index in [-0.39, 0.29) is 35.0 Å². The number of allylic oxidation sites excluding steroid dienone is 1. The number of halogens is 4. The van der Waals surface area contributed by atoms with Crippen LogP contribution in [0.4, 0.5) is 29.1 Å². The van der Waals surface area contributed by atoms with E-state index in [1.54, 1.807) is 12.1 Å². The van der Waals surface area contributed by atoms with Crippen LogP contribution in [0.25, 0.3) is 22.0 Å². The molecule has 0 atom stereocenters. The number of piperidine rings is 1. The van der Waals surface area contributed by atoms with Gasteiger partial charge in [0.1, 0.15) is 35.3 Å². The third kappa shape index (κ3) is 5.70. The van der Waals surface area contributed by atoms with Gasteiger partial charge in [0.2, 0.25) is 5.88 Å². The molecule has 6 rings (SSSR count). The Hall–Kier alpha value is -4.59. The Bertz CT molecular complexity index is 1930. The van der Waals surface area contributed by atoms with Crippen LogP contribution < -0.4 is 14.4 Å². The largest absolute Gasteiger partial charge is 0.480 e. The number of hydrogen-bond acceptors (Lipinski definition) is 8. The Labute approximate surface area is 256 Å². The number of Topliss-reactive ketones (excluding diaryl/α,β-unsaturated/α-hetero) is 1. The van der Waals surface area contributed by atoms with Crippen molar-refractivity contribution < 1.29 is 35.5 Å². The highest BCUT2D eigenvalue weighted by Crippen LogP contribution is 2.53. The highest BCUT2D eigenvalue weighted by Gasteiger charge is 2.49. The normalized spacial score (nSPS) is 16.4. The fourth-order valence-corrected chi connectivity index (χ4v) is 7.46. The van der Waals surface area contributed by atoms with Gasteiger partial charge in [-0.05, 0) is 54.9 Å². The van der Waals surface area contributed by atoms with Gasteiger partial charge < -0.3 is 9.64 Å². The highest BCUT2D eigenvalue weighted by atomic mass is 32.2. The number of carbonyl (C=O) groups excluding carboxylic acids is 1. The van der Waals surface area contributed by atoms with E-state index in [0.29, 0.717) is 48.4 Å². The van der Waals surface area contributed by atoms with Crippen molar-refractivity contribution in [3.63, 3.8) is 0 Å². The molecule has 0 bridgehead atoms. The van der Waals surface area contributed by atoms with Crippen LogP contribution >= 0.6 is 0 Å². The van der Waals surface area contributed by atoms with Crippen molar-refractivity contribution in [2.75, 3.05) is 29.8 Å². The molecule has 2 aliphatic rings. The number of anilines is 2. The summed E-state index contributed by atoms with van der Waals surface area (Å²) >= 11 is 0. The molecule has 0 radical (unpaired) electrons. The molecular formula is C31H27F4N5O4S. The average molecular weight is 642 g/mol. The van der Waals surface area contributed by atoms with Gasteiger partial charge in [-0.2, -0.15) is 0 Å². The first-order valence-corrected chi connectivity index (χ1v) is 15.5. The Kier molecular flexibility index (Phi) is 7.71. The van der Waals surface area contributed by atoms with E-state index in [9.17, 15) is 30.8 Å². The van der Waals surface area contributed by atoms with Crippen molar-refractivity contribution >= 4 is 38.2 Å². The fourth-order valence-electron chi connectivity index (χ4n) is 6.30. The molecule has 234 valence electrons. The molecule has 3 heterocycles. The molecule has 9 nitrogen and oxygen atoms in total. The van der Waals surface area contributed by atoms with Crippen LogP contribution in [0.2, 0.25) is 0 Å². The van der Waals surface area contributed by atoms with E-state index < -0.39 is 44.0 Å². The van der Waals surface area contributed by atoms with Crippen molar-refractivity contribution in [2.45, 2.75) is 30.6 Å². The molecule has 0 unspecified atom stereocenters. The lowest BCUT2D eigenvalue weighted by molar-refractivity contribution is -0.128. The van der Waals surface area contributed by atoms with Gasteiger partial charge in [-0.3, -0.25) is 9.52 Å². The van der Waals surface area contributed by atoms with E-state index in [1.165, 1.54) is 25.7 Å². The smallest absolute Gasteiger partial charge is 0.267 e. The zero-order valence-corrected chi connectivity index (χ0v) is 24.8. The van der Waals surface area contributed by atoms with Crippen molar-refractivity contribution in [3.05, 3.63) is 78.8 Å². The number of aromatic nitrogens is 3. The summed E-state index contributed by atoms with van der Waals surface area (Å²) in [5.41, 5.74) is 1.54. The van der Waals surface area contributed by atoms with Crippen LogP contribution in [0.1, 0.15) is 25.7 Å². The molecule has 14 heteroatoms. The van der Waals surface area contributed by atoms with Crippen LogP contribution in [-0.2, 0) is 14.8 Å². The molecule has 2 fully saturated rings. The maximum Gasteiger partial charge on any atom is 0.267 e. The molecule has 0 amide bonds. The third-order valence-corrected chi connectivity index (χ3v) is 10.0. The number of sulfonamides is 1. The first-order valence-electron chi connectivity index (χ1n) is 14.0.